The Balaban J connectivity index is 0.00000210. The molecule has 2 aromatic carbocycles. The fraction of sp³-hybridized carbons (Fsp3) is 0.100. The predicted octanol–water partition coefficient (Wildman–Crippen LogP) is 4.65. The molecule has 0 amide bonds. The number of H-pyrrole nitrogens is 1. The van der Waals surface area contributed by atoms with Crippen molar-refractivity contribution < 1.29 is 8.42 Å². The molecule has 0 fully saturated rings. The lowest BCUT2D eigenvalue weighted by molar-refractivity contribution is 0.592. The average Bonchev–Trinajstić information content (AvgIpc) is 3.31. The van der Waals surface area contributed by atoms with E-state index >= 15 is 0 Å². The molecule has 0 aliphatic rings. The number of rotatable bonds is 5. The van der Waals surface area contributed by atoms with Crippen molar-refractivity contribution in [1.29, 1.82) is 0 Å². The van der Waals surface area contributed by atoms with Crippen molar-refractivity contribution in [2.75, 3.05) is 6.54 Å². The third-order valence-corrected chi connectivity index (χ3v) is 7.09. The van der Waals surface area contributed by atoms with E-state index < -0.39 is 9.84 Å². The van der Waals surface area contributed by atoms with Crippen molar-refractivity contribution in [2.45, 2.75) is 16.3 Å². The molecule has 2 aromatic heterocycles. The molecule has 4 rings (SSSR count). The zero-order valence-electron chi connectivity index (χ0n) is 14.4. The largest absolute Gasteiger partial charge is 0.345 e. The molecule has 0 radical (unpaired) electrons. The first kappa shape index (κ1) is 19.6. The number of hydrogen-bond acceptors (Lipinski definition) is 4. The molecule has 0 aliphatic carbocycles. The molecule has 2 heterocycles. The van der Waals surface area contributed by atoms with Gasteiger partial charge in [-0.15, -0.1) is 23.7 Å². The van der Waals surface area contributed by atoms with Crippen molar-refractivity contribution in [2.24, 2.45) is 5.73 Å². The number of halogens is 1. The summed E-state index contributed by atoms with van der Waals surface area (Å²) >= 11 is 1.66. The van der Waals surface area contributed by atoms with Crippen molar-refractivity contribution in [1.82, 2.24) is 4.98 Å². The minimum Gasteiger partial charge on any atom is -0.345 e. The van der Waals surface area contributed by atoms with Crippen LogP contribution >= 0.6 is 23.7 Å². The Hall–Kier alpha value is -2.12. The first-order chi connectivity index (χ1) is 12.6. The van der Waals surface area contributed by atoms with Crippen LogP contribution in [0.2, 0.25) is 0 Å². The van der Waals surface area contributed by atoms with Gasteiger partial charge >= 0.3 is 0 Å². The second-order valence-electron chi connectivity index (χ2n) is 6.03. The first-order valence-corrected chi connectivity index (χ1v) is 10.7. The van der Waals surface area contributed by atoms with E-state index in [1.807, 2.05) is 29.6 Å². The Bertz CT molecular complexity index is 1150. The van der Waals surface area contributed by atoms with Crippen LogP contribution < -0.4 is 5.73 Å². The van der Waals surface area contributed by atoms with Crippen molar-refractivity contribution in [3.63, 3.8) is 0 Å². The molecular formula is C20H19ClN2O2S2. The van der Waals surface area contributed by atoms with E-state index in [0.717, 1.165) is 26.9 Å². The number of sulfone groups is 1. The number of nitrogens with one attached hydrogen (secondary N) is 1. The molecule has 0 spiro atoms. The van der Waals surface area contributed by atoms with E-state index in [4.69, 9.17) is 5.73 Å². The van der Waals surface area contributed by atoms with Crippen LogP contribution in [-0.2, 0) is 16.3 Å². The number of fused-ring (bicyclic) bond motifs is 1. The quantitative estimate of drug-likeness (QED) is 0.495. The van der Waals surface area contributed by atoms with E-state index in [9.17, 15) is 8.42 Å². The molecule has 7 heteroatoms. The normalized spacial score (nSPS) is 11.4. The van der Waals surface area contributed by atoms with Crippen LogP contribution in [0.1, 0.15) is 5.56 Å². The molecule has 0 unspecified atom stereocenters. The summed E-state index contributed by atoms with van der Waals surface area (Å²) < 4.78 is 26.3. The molecule has 0 saturated heterocycles. The summed E-state index contributed by atoms with van der Waals surface area (Å²) in [4.78, 5) is 4.55. The zero-order chi connectivity index (χ0) is 18.1. The minimum absolute atomic E-state index is 0. The van der Waals surface area contributed by atoms with Crippen LogP contribution in [0, 0.1) is 0 Å². The number of thiophene rings is 1. The summed E-state index contributed by atoms with van der Waals surface area (Å²) in [6.07, 6.45) is 0.495. The fourth-order valence-electron chi connectivity index (χ4n) is 3.16. The second kappa shape index (κ2) is 7.86. The highest BCUT2D eigenvalue weighted by atomic mass is 35.5. The molecule has 0 atom stereocenters. The Morgan fingerprint density at radius 3 is 2.44 bits per heavy atom. The van der Waals surface area contributed by atoms with Gasteiger partial charge < -0.3 is 10.7 Å². The van der Waals surface area contributed by atoms with E-state index in [0.29, 0.717) is 13.0 Å². The van der Waals surface area contributed by atoms with Crippen LogP contribution in [0.25, 0.3) is 21.3 Å². The predicted molar refractivity (Wildman–Crippen MR) is 114 cm³/mol. The first-order valence-electron chi connectivity index (χ1n) is 8.30. The van der Waals surface area contributed by atoms with Gasteiger partial charge in [0.15, 0.2) is 0 Å². The lowest BCUT2D eigenvalue weighted by Gasteiger charge is -2.06. The van der Waals surface area contributed by atoms with E-state index in [-0.39, 0.29) is 22.3 Å². The zero-order valence-corrected chi connectivity index (χ0v) is 16.8. The van der Waals surface area contributed by atoms with Crippen molar-refractivity contribution in [3.05, 3.63) is 71.6 Å². The second-order valence-corrected chi connectivity index (χ2v) is 8.86. The lowest BCUT2D eigenvalue weighted by atomic mass is 10.1. The maximum Gasteiger partial charge on any atom is 0.222 e. The topological polar surface area (TPSA) is 76.0 Å². The van der Waals surface area contributed by atoms with Gasteiger partial charge in [-0.1, -0.05) is 30.3 Å². The number of hydrogen-bond donors (Lipinski definition) is 2. The Labute approximate surface area is 168 Å². The van der Waals surface area contributed by atoms with Crippen LogP contribution in [0.4, 0.5) is 0 Å². The van der Waals surface area contributed by atoms with Gasteiger partial charge in [-0.05, 0) is 59.8 Å². The van der Waals surface area contributed by atoms with Crippen LogP contribution in [-0.4, -0.2) is 19.9 Å². The highest BCUT2D eigenvalue weighted by Crippen LogP contribution is 2.34. The Morgan fingerprint density at radius 2 is 1.78 bits per heavy atom. The maximum absolute atomic E-state index is 13.1. The number of aromatic amines is 1. The van der Waals surface area contributed by atoms with Crippen LogP contribution in [0.5, 0.6) is 0 Å². The standard InChI is InChI=1S/C20H18N2O2S2.ClH/c21-11-10-16-17-13-14(19-7-4-12-25-19)8-9-18(17)22-20(16)26(23,24)15-5-2-1-3-6-15;/h1-9,12-13,22H,10-11,21H2;1H. The lowest BCUT2D eigenvalue weighted by Crippen LogP contribution is -2.09. The van der Waals surface area contributed by atoms with Gasteiger partial charge in [0.2, 0.25) is 9.84 Å². The van der Waals surface area contributed by atoms with Gasteiger partial charge in [0.25, 0.3) is 0 Å². The third-order valence-electron chi connectivity index (χ3n) is 4.39. The molecule has 0 bridgehead atoms. The van der Waals surface area contributed by atoms with Crippen LogP contribution in [0.15, 0.2) is 76.0 Å². The van der Waals surface area contributed by atoms with Crippen molar-refractivity contribution in [3.8, 4) is 10.4 Å². The Kier molecular flexibility index (Phi) is 5.72. The molecular weight excluding hydrogens is 400 g/mol. The molecule has 0 aliphatic heterocycles. The monoisotopic (exact) mass is 418 g/mol. The van der Waals surface area contributed by atoms with E-state index in [1.54, 1.807) is 41.7 Å². The van der Waals surface area contributed by atoms with E-state index in [2.05, 4.69) is 11.1 Å². The highest BCUT2D eigenvalue weighted by molar-refractivity contribution is 7.91. The van der Waals surface area contributed by atoms with Crippen molar-refractivity contribution >= 4 is 44.5 Å². The number of benzene rings is 2. The molecule has 4 aromatic rings. The smallest absolute Gasteiger partial charge is 0.222 e. The summed E-state index contributed by atoms with van der Waals surface area (Å²) in [7, 11) is -3.63. The summed E-state index contributed by atoms with van der Waals surface area (Å²) in [5.74, 6) is 0. The van der Waals surface area contributed by atoms with Crippen LogP contribution in [0.3, 0.4) is 0 Å². The summed E-state index contributed by atoms with van der Waals surface area (Å²) in [5.41, 5.74) is 8.43. The fourth-order valence-corrected chi connectivity index (χ4v) is 5.41. The molecule has 140 valence electrons. The van der Waals surface area contributed by atoms with Gasteiger partial charge in [0.1, 0.15) is 5.03 Å². The van der Waals surface area contributed by atoms with E-state index in [1.165, 1.54) is 0 Å². The van der Waals surface area contributed by atoms with Gasteiger partial charge in [-0.3, -0.25) is 0 Å². The minimum atomic E-state index is -3.63. The maximum atomic E-state index is 13.1. The summed E-state index contributed by atoms with van der Waals surface area (Å²) in [6.45, 7) is 0.382. The van der Waals surface area contributed by atoms with Gasteiger partial charge in [0, 0.05) is 15.8 Å². The molecule has 4 nitrogen and oxygen atoms in total. The van der Waals surface area contributed by atoms with Gasteiger partial charge in [0.05, 0.1) is 4.90 Å². The Morgan fingerprint density at radius 1 is 1.00 bits per heavy atom. The number of nitrogens with two attached hydrogens (primary N) is 1. The summed E-state index contributed by atoms with van der Waals surface area (Å²) in [6, 6.07) is 18.6. The summed E-state index contributed by atoms with van der Waals surface area (Å²) in [5, 5.41) is 3.19. The number of aromatic nitrogens is 1. The van der Waals surface area contributed by atoms with Gasteiger partial charge in [-0.25, -0.2) is 8.42 Å². The average molecular weight is 419 g/mol. The molecule has 27 heavy (non-hydrogen) atoms. The molecule has 3 N–H and O–H groups in total. The third kappa shape index (κ3) is 3.53. The SMILES string of the molecule is Cl.NCCc1c(S(=O)(=O)c2ccccc2)[nH]c2ccc(-c3cccs3)cc12. The van der Waals surface area contributed by atoms with Gasteiger partial charge in [-0.2, -0.15) is 0 Å². The highest BCUT2D eigenvalue weighted by Gasteiger charge is 2.25. The molecule has 0 saturated carbocycles.